The first-order valence-electron chi connectivity index (χ1n) is 6.80. The standard InChI is InChI=1S/C13H23F2N/c14-13(15,11-5-2-1-3-6-11)12-7-4-9-16-10-8-12/h11-12,16H,1-10H2. The summed E-state index contributed by atoms with van der Waals surface area (Å²) < 4.78 is 28.7. The Morgan fingerprint density at radius 1 is 0.750 bits per heavy atom. The van der Waals surface area contributed by atoms with Crippen molar-refractivity contribution in [2.75, 3.05) is 13.1 Å². The molecule has 1 saturated heterocycles. The normalized spacial score (nSPS) is 30.0. The van der Waals surface area contributed by atoms with Crippen LogP contribution in [0.15, 0.2) is 0 Å². The summed E-state index contributed by atoms with van der Waals surface area (Å²) in [5, 5.41) is 3.22. The first-order chi connectivity index (χ1) is 7.71. The van der Waals surface area contributed by atoms with Crippen molar-refractivity contribution < 1.29 is 8.78 Å². The van der Waals surface area contributed by atoms with E-state index in [-0.39, 0.29) is 11.8 Å². The molecular formula is C13H23F2N. The van der Waals surface area contributed by atoms with Gasteiger partial charge in [0.1, 0.15) is 0 Å². The van der Waals surface area contributed by atoms with Gasteiger partial charge < -0.3 is 5.32 Å². The van der Waals surface area contributed by atoms with E-state index in [0.29, 0.717) is 12.8 Å². The van der Waals surface area contributed by atoms with E-state index < -0.39 is 5.92 Å². The van der Waals surface area contributed by atoms with Gasteiger partial charge in [-0.3, -0.25) is 0 Å². The van der Waals surface area contributed by atoms with E-state index >= 15 is 0 Å². The fraction of sp³-hybridized carbons (Fsp3) is 1.00. The van der Waals surface area contributed by atoms with Crippen molar-refractivity contribution in [2.24, 2.45) is 11.8 Å². The highest BCUT2D eigenvalue weighted by molar-refractivity contribution is 4.87. The molecule has 16 heavy (non-hydrogen) atoms. The van der Waals surface area contributed by atoms with Gasteiger partial charge in [0, 0.05) is 11.8 Å². The Kier molecular flexibility index (Phi) is 4.17. The fourth-order valence-corrected chi connectivity index (χ4v) is 3.22. The maximum Gasteiger partial charge on any atom is 0.253 e. The van der Waals surface area contributed by atoms with Gasteiger partial charge in [0.2, 0.25) is 0 Å². The molecule has 0 radical (unpaired) electrons. The Morgan fingerprint density at radius 2 is 1.38 bits per heavy atom. The lowest BCUT2D eigenvalue weighted by atomic mass is 9.77. The monoisotopic (exact) mass is 231 g/mol. The van der Waals surface area contributed by atoms with Gasteiger partial charge in [0.05, 0.1) is 0 Å². The summed E-state index contributed by atoms with van der Waals surface area (Å²) in [4.78, 5) is 0. The Hall–Kier alpha value is -0.180. The third-order valence-electron chi connectivity index (χ3n) is 4.27. The lowest BCUT2D eigenvalue weighted by molar-refractivity contribution is -0.122. The zero-order valence-corrected chi connectivity index (χ0v) is 9.98. The maximum atomic E-state index is 14.3. The predicted octanol–water partition coefficient (Wildman–Crippen LogP) is 3.59. The molecule has 0 bridgehead atoms. The van der Waals surface area contributed by atoms with Crippen molar-refractivity contribution in [1.29, 1.82) is 0 Å². The molecule has 3 heteroatoms. The second kappa shape index (κ2) is 5.44. The van der Waals surface area contributed by atoms with Crippen LogP contribution in [0.2, 0.25) is 0 Å². The van der Waals surface area contributed by atoms with Gasteiger partial charge in [-0.15, -0.1) is 0 Å². The summed E-state index contributed by atoms with van der Waals surface area (Å²) in [6.45, 7) is 1.68. The van der Waals surface area contributed by atoms with Gasteiger partial charge in [-0.05, 0) is 45.2 Å². The Labute approximate surface area is 97.0 Å². The van der Waals surface area contributed by atoms with Crippen LogP contribution in [0.5, 0.6) is 0 Å². The number of hydrogen-bond donors (Lipinski definition) is 1. The molecule has 1 aliphatic carbocycles. The first kappa shape index (κ1) is 12.3. The van der Waals surface area contributed by atoms with Crippen molar-refractivity contribution in [3.05, 3.63) is 0 Å². The molecule has 0 aromatic carbocycles. The topological polar surface area (TPSA) is 12.0 Å². The van der Waals surface area contributed by atoms with Crippen LogP contribution in [-0.2, 0) is 0 Å². The van der Waals surface area contributed by atoms with Crippen LogP contribution in [0.1, 0.15) is 51.4 Å². The van der Waals surface area contributed by atoms with Crippen LogP contribution in [0, 0.1) is 11.8 Å². The molecule has 1 saturated carbocycles. The molecular weight excluding hydrogens is 208 g/mol. The largest absolute Gasteiger partial charge is 0.317 e. The third-order valence-corrected chi connectivity index (χ3v) is 4.27. The average Bonchev–Trinajstić information content (AvgIpc) is 2.59. The molecule has 94 valence electrons. The molecule has 0 aromatic rings. The highest BCUT2D eigenvalue weighted by atomic mass is 19.3. The van der Waals surface area contributed by atoms with Crippen molar-refractivity contribution >= 4 is 0 Å². The van der Waals surface area contributed by atoms with Crippen LogP contribution < -0.4 is 5.32 Å². The number of hydrogen-bond acceptors (Lipinski definition) is 1. The minimum absolute atomic E-state index is 0.329. The molecule has 2 rings (SSSR count). The fourth-order valence-electron chi connectivity index (χ4n) is 3.22. The highest BCUT2D eigenvalue weighted by Gasteiger charge is 2.46. The van der Waals surface area contributed by atoms with Crippen molar-refractivity contribution in [3.63, 3.8) is 0 Å². The number of halogens is 2. The SMILES string of the molecule is FC(F)(C1CCCCC1)C1CCCNCC1. The molecule has 1 unspecified atom stereocenters. The second-order valence-electron chi connectivity index (χ2n) is 5.39. The van der Waals surface area contributed by atoms with Crippen molar-refractivity contribution in [3.8, 4) is 0 Å². The van der Waals surface area contributed by atoms with E-state index in [1.54, 1.807) is 0 Å². The van der Waals surface area contributed by atoms with Crippen LogP contribution in [0.3, 0.4) is 0 Å². The summed E-state index contributed by atoms with van der Waals surface area (Å²) in [6, 6.07) is 0. The number of alkyl halides is 2. The molecule has 0 spiro atoms. The van der Waals surface area contributed by atoms with Crippen LogP contribution in [-0.4, -0.2) is 19.0 Å². The second-order valence-corrected chi connectivity index (χ2v) is 5.39. The minimum Gasteiger partial charge on any atom is -0.317 e. The van der Waals surface area contributed by atoms with Gasteiger partial charge in [0.25, 0.3) is 5.92 Å². The summed E-state index contributed by atoms with van der Waals surface area (Å²) in [5.41, 5.74) is 0. The number of rotatable bonds is 2. The van der Waals surface area contributed by atoms with E-state index in [9.17, 15) is 8.78 Å². The quantitative estimate of drug-likeness (QED) is 0.765. The molecule has 0 amide bonds. The van der Waals surface area contributed by atoms with Crippen molar-refractivity contribution in [2.45, 2.75) is 57.3 Å². The zero-order valence-electron chi connectivity index (χ0n) is 9.98. The molecule has 2 aliphatic rings. The zero-order chi connectivity index (χ0) is 11.4. The lowest BCUT2D eigenvalue weighted by Crippen LogP contribution is -2.38. The molecule has 1 nitrogen and oxygen atoms in total. The van der Waals surface area contributed by atoms with E-state index in [4.69, 9.17) is 0 Å². The summed E-state index contributed by atoms with van der Waals surface area (Å²) in [5.74, 6) is -3.11. The van der Waals surface area contributed by atoms with Gasteiger partial charge >= 0.3 is 0 Å². The highest BCUT2D eigenvalue weighted by Crippen LogP contribution is 2.44. The summed E-state index contributed by atoms with van der Waals surface area (Å²) in [6.07, 6.45) is 6.93. The lowest BCUT2D eigenvalue weighted by Gasteiger charge is -2.35. The summed E-state index contributed by atoms with van der Waals surface area (Å²) >= 11 is 0. The summed E-state index contributed by atoms with van der Waals surface area (Å²) in [7, 11) is 0. The predicted molar refractivity (Wildman–Crippen MR) is 61.7 cm³/mol. The van der Waals surface area contributed by atoms with Gasteiger partial charge in [-0.1, -0.05) is 19.3 Å². The third kappa shape index (κ3) is 2.73. The van der Waals surface area contributed by atoms with E-state index in [2.05, 4.69) is 5.32 Å². The van der Waals surface area contributed by atoms with Gasteiger partial charge in [0.15, 0.2) is 0 Å². The number of nitrogens with one attached hydrogen (secondary N) is 1. The smallest absolute Gasteiger partial charge is 0.253 e. The maximum absolute atomic E-state index is 14.3. The molecule has 1 heterocycles. The Balaban J connectivity index is 1.97. The van der Waals surface area contributed by atoms with E-state index in [1.807, 2.05) is 0 Å². The average molecular weight is 231 g/mol. The van der Waals surface area contributed by atoms with Crippen LogP contribution in [0.4, 0.5) is 8.78 Å². The Morgan fingerprint density at radius 3 is 2.12 bits per heavy atom. The minimum atomic E-state index is -2.41. The first-order valence-corrected chi connectivity index (χ1v) is 6.80. The van der Waals surface area contributed by atoms with Crippen LogP contribution >= 0.6 is 0 Å². The molecule has 1 atom stereocenters. The Bertz CT molecular complexity index is 204. The van der Waals surface area contributed by atoms with E-state index in [0.717, 1.165) is 51.6 Å². The van der Waals surface area contributed by atoms with Crippen LogP contribution in [0.25, 0.3) is 0 Å². The van der Waals surface area contributed by atoms with Gasteiger partial charge in [-0.2, -0.15) is 0 Å². The van der Waals surface area contributed by atoms with Gasteiger partial charge in [-0.25, -0.2) is 8.78 Å². The van der Waals surface area contributed by atoms with E-state index in [1.165, 1.54) is 0 Å². The molecule has 1 aliphatic heterocycles. The van der Waals surface area contributed by atoms with Crippen molar-refractivity contribution in [1.82, 2.24) is 5.32 Å². The molecule has 2 fully saturated rings. The molecule has 1 N–H and O–H groups in total. The molecule has 0 aromatic heterocycles.